The highest BCUT2D eigenvalue weighted by Crippen LogP contribution is 2.29. The lowest BCUT2D eigenvalue weighted by Crippen LogP contribution is -2.12. The highest BCUT2D eigenvalue weighted by atomic mass is 35.5. The SMILES string of the molecule is O=C(O)C(CCc1c(Cl)cccc1Cl)c1ccccc1. The molecule has 0 fully saturated rings. The van der Waals surface area contributed by atoms with E-state index in [1.54, 1.807) is 18.2 Å². The van der Waals surface area contributed by atoms with E-state index in [9.17, 15) is 9.90 Å². The molecule has 0 bridgehead atoms. The molecule has 104 valence electrons. The molecule has 0 aliphatic rings. The molecule has 0 radical (unpaired) electrons. The van der Waals surface area contributed by atoms with Crippen molar-refractivity contribution in [1.29, 1.82) is 0 Å². The predicted octanol–water partition coefficient (Wildman–Crippen LogP) is 4.79. The summed E-state index contributed by atoms with van der Waals surface area (Å²) in [5, 5.41) is 10.5. The molecule has 0 saturated heterocycles. The third-order valence-corrected chi connectivity index (χ3v) is 3.95. The normalized spacial score (nSPS) is 12.1. The maximum Gasteiger partial charge on any atom is 0.310 e. The Bertz CT molecular complexity index is 576. The monoisotopic (exact) mass is 308 g/mol. The van der Waals surface area contributed by atoms with Gasteiger partial charge in [0.25, 0.3) is 0 Å². The summed E-state index contributed by atoms with van der Waals surface area (Å²) in [6, 6.07) is 14.5. The van der Waals surface area contributed by atoms with Crippen LogP contribution in [0.3, 0.4) is 0 Å². The summed E-state index contributed by atoms with van der Waals surface area (Å²) in [7, 11) is 0. The number of carboxylic acid groups (broad SMARTS) is 1. The van der Waals surface area contributed by atoms with E-state index in [0.29, 0.717) is 22.9 Å². The fourth-order valence-electron chi connectivity index (χ4n) is 2.18. The van der Waals surface area contributed by atoms with Crippen LogP contribution in [0, 0.1) is 0 Å². The van der Waals surface area contributed by atoms with Gasteiger partial charge in [0.1, 0.15) is 0 Å². The third kappa shape index (κ3) is 3.53. The van der Waals surface area contributed by atoms with Crippen LogP contribution in [0.25, 0.3) is 0 Å². The first kappa shape index (κ1) is 14.9. The van der Waals surface area contributed by atoms with Crippen LogP contribution in [0.15, 0.2) is 48.5 Å². The Morgan fingerprint density at radius 3 is 2.15 bits per heavy atom. The first-order valence-electron chi connectivity index (χ1n) is 6.30. The number of rotatable bonds is 5. The molecular weight excluding hydrogens is 295 g/mol. The Morgan fingerprint density at radius 2 is 1.60 bits per heavy atom. The van der Waals surface area contributed by atoms with Gasteiger partial charge in [-0.1, -0.05) is 59.6 Å². The number of aliphatic carboxylic acids is 1. The number of hydrogen-bond acceptors (Lipinski definition) is 1. The molecule has 20 heavy (non-hydrogen) atoms. The van der Waals surface area contributed by atoms with Gasteiger partial charge in [0, 0.05) is 10.0 Å². The quantitative estimate of drug-likeness (QED) is 0.862. The molecule has 2 aromatic carbocycles. The summed E-state index contributed by atoms with van der Waals surface area (Å²) >= 11 is 12.2. The molecule has 0 aromatic heterocycles. The van der Waals surface area contributed by atoms with Gasteiger partial charge in [-0.2, -0.15) is 0 Å². The van der Waals surface area contributed by atoms with E-state index in [-0.39, 0.29) is 0 Å². The van der Waals surface area contributed by atoms with Crippen LogP contribution in [-0.2, 0) is 11.2 Å². The first-order chi connectivity index (χ1) is 9.59. The van der Waals surface area contributed by atoms with Gasteiger partial charge in [-0.3, -0.25) is 4.79 Å². The highest BCUT2D eigenvalue weighted by molar-refractivity contribution is 6.35. The largest absolute Gasteiger partial charge is 0.481 e. The smallest absolute Gasteiger partial charge is 0.310 e. The van der Waals surface area contributed by atoms with E-state index < -0.39 is 11.9 Å². The third-order valence-electron chi connectivity index (χ3n) is 3.24. The zero-order valence-electron chi connectivity index (χ0n) is 10.7. The number of halogens is 2. The molecule has 0 saturated carbocycles. The van der Waals surface area contributed by atoms with Crippen LogP contribution >= 0.6 is 23.2 Å². The standard InChI is InChI=1S/C16H14Cl2O2/c17-14-7-4-8-15(18)13(14)10-9-12(16(19)20)11-5-2-1-3-6-11/h1-8,12H,9-10H2,(H,19,20). The number of benzene rings is 2. The fourth-order valence-corrected chi connectivity index (χ4v) is 2.76. The number of carboxylic acids is 1. The highest BCUT2D eigenvalue weighted by Gasteiger charge is 2.20. The lowest BCUT2D eigenvalue weighted by molar-refractivity contribution is -0.138. The van der Waals surface area contributed by atoms with Crippen molar-refractivity contribution in [3.63, 3.8) is 0 Å². The van der Waals surface area contributed by atoms with Crippen molar-refractivity contribution < 1.29 is 9.90 Å². The van der Waals surface area contributed by atoms with Crippen molar-refractivity contribution in [2.75, 3.05) is 0 Å². The van der Waals surface area contributed by atoms with Crippen molar-refractivity contribution in [2.24, 2.45) is 0 Å². The summed E-state index contributed by atoms with van der Waals surface area (Å²) in [4.78, 5) is 11.4. The van der Waals surface area contributed by atoms with Crippen molar-refractivity contribution in [1.82, 2.24) is 0 Å². The number of hydrogen-bond donors (Lipinski definition) is 1. The Labute approximate surface area is 128 Å². The fraction of sp³-hybridized carbons (Fsp3) is 0.188. The van der Waals surface area contributed by atoms with Gasteiger partial charge in [0.05, 0.1) is 5.92 Å². The molecule has 0 amide bonds. The molecule has 2 aromatic rings. The second-order valence-corrected chi connectivity index (χ2v) is 5.35. The zero-order chi connectivity index (χ0) is 14.5. The zero-order valence-corrected chi connectivity index (χ0v) is 12.2. The maximum absolute atomic E-state index is 11.4. The van der Waals surface area contributed by atoms with Crippen LogP contribution in [-0.4, -0.2) is 11.1 Å². The van der Waals surface area contributed by atoms with Gasteiger partial charge in [0.2, 0.25) is 0 Å². The summed E-state index contributed by atoms with van der Waals surface area (Å²) in [6.07, 6.45) is 0.993. The summed E-state index contributed by atoms with van der Waals surface area (Å²) in [5.74, 6) is -1.39. The molecule has 1 unspecified atom stereocenters. The molecule has 4 heteroatoms. The van der Waals surface area contributed by atoms with Crippen molar-refractivity contribution in [3.8, 4) is 0 Å². The average molecular weight is 309 g/mol. The van der Waals surface area contributed by atoms with Crippen LogP contribution < -0.4 is 0 Å². The van der Waals surface area contributed by atoms with Gasteiger partial charge in [-0.25, -0.2) is 0 Å². The van der Waals surface area contributed by atoms with E-state index in [4.69, 9.17) is 23.2 Å². The second kappa shape index (κ2) is 6.78. The van der Waals surface area contributed by atoms with E-state index >= 15 is 0 Å². The van der Waals surface area contributed by atoms with E-state index in [1.807, 2.05) is 30.3 Å². The minimum Gasteiger partial charge on any atom is -0.481 e. The molecule has 0 heterocycles. The van der Waals surface area contributed by atoms with Crippen LogP contribution in [0.1, 0.15) is 23.5 Å². The van der Waals surface area contributed by atoms with Gasteiger partial charge in [-0.05, 0) is 36.1 Å². The minimum absolute atomic E-state index is 0.461. The minimum atomic E-state index is -0.834. The molecule has 2 nitrogen and oxygen atoms in total. The summed E-state index contributed by atoms with van der Waals surface area (Å²) in [6.45, 7) is 0. The lowest BCUT2D eigenvalue weighted by Gasteiger charge is -2.14. The first-order valence-corrected chi connectivity index (χ1v) is 7.06. The molecule has 1 N–H and O–H groups in total. The molecule has 1 atom stereocenters. The van der Waals surface area contributed by atoms with Gasteiger partial charge in [-0.15, -0.1) is 0 Å². The van der Waals surface area contributed by atoms with E-state index in [1.165, 1.54) is 0 Å². The Hall–Kier alpha value is -1.51. The summed E-state index contributed by atoms with van der Waals surface area (Å²) in [5.41, 5.74) is 1.60. The Morgan fingerprint density at radius 1 is 1.00 bits per heavy atom. The van der Waals surface area contributed by atoms with E-state index in [0.717, 1.165) is 11.1 Å². The predicted molar refractivity (Wildman–Crippen MR) is 81.6 cm³/mol. The average Bonchev–Trinajstić information content (AvgIpc) is 2.43. The molecular formula is C16H14Cl2O2. The van der Waals surface area contributed by atoms with Gasteiger partial charge < -0.3 is 5.11 Å². The second-order valence-electron chi connectivity index (χ2n) is 4.54. The van der Waals surface area contributed by atoms with Gasteiger partial charge in [0.15, 0.2) is 0 Å². The van der Waals surface area contributed by atoms with Crippen LogP contribution in [0.5, 0.6) is 0 Å². The van der Waals surface area contributed by atoms with Crippen LogP contribution in [0.4, 0.5) is 0 Å². The maximum atomic E-state index is 11.4. The van der Waals surface area contributed by atoms with Crippen molar-refractivity contribution in [3.05, 3.63) is 69.7 Å². The van der Waals surface area contributed by atoms with Crippen molar-refractivity contribution in [2.45, 2.75) is 18.8 Å². The van der Waals surface area contributed by atoms with Crippen molar-refractivity contribution >= 4 is 29.2 Å². The molecule has 0 aliphatic heterocycles. The lowest BCUT2D eigenvalue weighted by atomic mass is 9.92. The van der Waals surface area contributed by atoms with Gasteiger partial charge >= 0.3 is 5.97 Å². The molecule has 2 rings (SSSR count). The number of carbonyl (C=O) groups is 1. The molecule has 0 aliphatic carbocycles. The van der Waals surface area contributed by atoms with Crippen LogP contribution in [0.2, 0.25) is 10.0 Å². The topological polar surface area (TPSA) is 37.3 Å². The molecule has 0 spiro atoms. The Balaban J connectivity index is 2.17. The Kier molecular flexibility index (Phi) is 5.05. The summed E-state index contributed by atoms with van der Waals surface area (Å²) < 4.78 is 0. The van der Waals surface area contributed by atoms with E-state index in [2.05, 4.69) is 0 Å².